The smallest absolute Gasteiger partial charge is 0.236 e. The van der Waals surface area contributed by atoms with Gasteiger partial charge < -0.3 is 9.88 Å². The van der Waals surface area contributed by atoms with Crippen molar-refractivity contribution in [3.63, 3.8) is 0 Å². The maximum atomic E-state index is 12.5. The Morgan fingerprint density at radius 3 is 2.67 bits per heavy atom. The van der Waals surface area contributed by atoms with Gasteiger partial charge in [-0.15, -0.1) is 28.1 Å². The Labute approximate surface area is 201 Å². The number of hydrogen-bond acceptors (Lipinski definition) is 6. The second-order valence-corrected chi connectivity index (χ2v) is 9.33. The summed E-state index contributed by atoms with van der Waals surface area (Å²) in [4.78, 5) is 17.1. The van der Waals surface area contributed by atoms with Crippen molar-refractivity contribution in [1.29, 1.82) is 0 Å². The van der Waals surface area contributed by atoms with Crippen LogP contribution in [0.4, 0.5) is 5.13 Å². The van der Waals surface area contributed by atoms with Crippen molar-refractivity contribution in [3.05, 3.63) is 89.6 Å². The molecule has 1 N–H and O–H groups in total. The third-order valence-corrected chi connectivity index (χ3v) is 6.74. The van der Waals surface area contributed by atoms with E-state index in [4.69, 9.17) is 0 Å². The summed E-state index contributed by atoms with van der Waals surface area (Å²) in [6.45, 7) is 6.50. The Morgan fingerprint density at radius 2 is 1.91 bits per heavy atom. The number of aryl methyl sites for hydroxylation is 3. The third-order valence-electron chi connectivity index (χ3n) is 5.02. The van der Waals surface area contributed by atoms with E-state index >= 15 is 0 Å². The van der Waals surface area contributed by atoms with Crippen LogP contribution in [0.1, 0.15) is 17.0 Å². The minimum Gasteiger partial charge on any atom is -0.302 e. The van der Waals surface area contributed by atoms with Crippen molar-refractivity contribution in [2.24, 2.45) is 0 Å². The van der Waals surface area contributed by atoms with E-state index < -0.39 is 0 Å². The molecular formula is C25H25N5OS2. The van der Waals surface area contributed by atoms with Gasteiger partial charge in [0.2, 0.25) is 5.91 Å². The molecule has 33 heavy (non-hydrogen) atoms. The van der Waals surface area contributed by atoms with Crippen LogP contribution in [0, 0.1) is 6.92 Å². The van der Waals surface area contributed by atoms with Crippen LogP contribution in [0.3, 0.4) is 0 Å². The van der Waals surface area contributed by atoms with E-state index in [1.165, 1.54) is 34.2 Å². The highest BCUT2D eigenvalue weighted by atomic mass is 32.2. The lowest BCUT2D eigenvalue weighted by molar-refractivity contribution is -0.113. The fourth-order valence-electron chi connectivity index (χ4n) is 3.30. The normalized spacial score (nSPS) is 10.8. The van der Waals surface area contributed by atoms with E-state index in [9.17, 15) is 4.79 Å². The topological polar surface area (TPSA) is 72.7 Å². The lowest BCUT2D eigenvalue weighted by atomic mass is 10.1. The molecule has 0 bridgehead atoms. The molecule has 4 rings (SSSR count). The number of thiazole rings is 1. The molecule has 4 aromatic rings. The molecule has 168 valence electrons. The summed E-state index contributed by atoms with van der Waals surface area (Å²) in [6, 6.07) is 18.5. The lowest BCUT2D eigenvalue weighted by Crippen LogP contribution is -2.14. The van der Waals surface area contributed by atoms with E-state index in [0.717, 1.165) is 29.9 Å². The van der Waals surface area contributed by atoms with Crippen molar-refractivity contribution in [1.82, 2.24) is 19.7 Å². The molecule has 2 heterocycles. The van der Waals surface area contributed by atoms with Crippen molar-refractivity contribution in [2.75, 3.05) is 11.1 Å². The monoisotopic (exact) mass is 475 g/mol. The predicted octanol–water partition coefficient (Wildman–Crippen LogP) is 5.41. The van der Waals surface area contributed by atoms with Crippen LogP contribution in [0.2, 0.25) is 0 Å². The molecule has 0 saturated heterocycles. The Hall–Kier alpha value is -3.23. The summed E-state index contributed by atoms with van der Waals surface area (Å²) in [5.74, 6) is 1.00. The maximum Gasteiger partial charge on any atom is 0.236 e. The molecule has 0 aliphatic carbocycles. The molecule has 0 atom stereocenters. The first-order chi connectivity index (χ1) is 16.1. The number of aromatic nitrogens is 4. The molecule has 0 fully saturated rings. The average Bonchev–Trinajstić information content (AvgIpc) is 3.45. The first-order valence-corrected chi connectivity index (χ1v) is 12.5. The molecule has 0 aliphatic rings. The molecular weight excluding hydrogens is 450 g/mol. The van der Waals surface area contributed by atoms with Gasteiger partial charge in [-0.05, 0) is 18.9 Å². The number of carbonyl (C=O) groups is 1. The van der Waals surface area contributed by atoms with E-state index in [-0.39, 0.29) is 11.7 Å². The van der Waals surface area contributed by atoms with Gasteiger partial charge in [0.05, 0.1) is 11.4 Å². The zero-order chi connectivity index (χ0) is 23.0. The number of amides is 1. The number of nitrogens with zero attached hydrogens (tertiary/aromatic N) is 4. The fourth-order valence-corrected chi connectivity index (χ4v) is 4.80. The standard InChI is InChI=1S/C25H25N5OS2/c1-3-15-30-22(14-11-19-7-5-4-6-8-19)28-29-25(30)33-17-23(31)27-24-26-21(16-32-24)20-12-9-18(2)10-13-20/h3-10,12-13,16H,1,11,14-15,17H2,2H3,(H,26,27,31). The lowest BCUT2D eigenvalue weighted by Gasteiger charge is -2.08. The number of anilines is 1. The summed E-state index contributed by atoms with van der Waals surface area (Å²) in [5, 5.41) is 14.8. The Kier molecular flexibility index (Phi) is 7.70. The van der Waals surface area contributed by atoms with Crippen LogP contribution in [0.15, 0.2) is 77.8 Å². The van der Waals surface area contributed by atoms with Gasteiger partial charge >= 0.3 is 0 Å². The molecule has 0 unspecified atom stereocenters. The first-order valence-electron chi connectivity index (χ1n) is 10.6. The van der Waals surface area contributed by atoms with Gasteiger partial charge in [-0.2, -0.15) is 0 Å². The molecule has 1 amide bonds. The van der Waals surface area contributed by atoms with Crippen molar-refractivity contribution in [2.45, 2.75) is 31.5 Å². The van der Waals surface area contributed by atoms with Crippen molar-refractivity contribution in [3.8, 4) is 11.3 Å². The summed E-state index contributed by atoms with van der Waals surface area (Å²) in [5.41, 5.74) is 4.35. The van der Waals surface area contributed by atoms with E-state index in [0.29, 0.717) is 16.8 Å². The highest BCUT2D eigenvalue weighted by molar-refractivity contribution is 7.99. The van der Waals surface area contributed by atoms with Gasteiger partial charge in [0, 0.05) is 23.9 Å². The molecule has 0 saturated carbocycles. The highest BCUT2D eigenvalue weighted by Gasteiger charge is 2.15. The number of carbonyl (C=O) groups excluding carboxylic acids is 1. The van der Waals surface area contributed by atoms with Gasteiger partial charge in [-0.3, -0.25) is 4.79 Å². The van der Waals surface area contributed by atoms with Gasteiger partial charge in [0.25, 0.3) is 0 Å². The van der Waals surface area contributed by atoms with Crippen LogP contribution in [0.5, 0.6) is 0 Å². The summed E-state index contributed by atoms with van der Waals surface area (Å²) >= 11 is 2.79. The fraction of sp³-hybridized carbons (Fsp3) is 0.200. The van der Waals surface area contributed by atoms with Crippen LogP contribution < -0.4 is 5.32 Å². The van der Waals surface area contributed by atoms with Crippen molar-refractivity contribution >= 4 is 34.1 Å². The van der Waals surface area contributed by atoms with Crippen LogP contribution in [0.25, 0.3) is 11.3 Å². The molecule has 0 radical (unpaired) electrons. The Bertz CT molecular complexity index is 1220. The molecule has 2 aromatic heterocycles. The minimum absolute atomic E-state index is 0.121. The number of thioether (sulfide) groups is 1. The molecule has 8 heteroatoms. The Balaban J connectivity index is 1.34. The largest absolute Gasteiger partial charge is 0.302 e. The number of benzene rings is 2. The number of hydrogen-bond donors (Lipinski definition) is 1. The predicted molar refractivity (Wildman–Crippen MR) is 136 cm³/mol. The molecule has 0 spiro atoms. The third kappa shape index (κ3) is 6.18. The molecule has 0 aliphatic heterocycles. The molecule has 6 nitrogen and oxygen atoms in total. The van der Waals surface area contributed by atoms with Gasteiger partial charge in [0.1, 0.15) is 5.82 Å². The van der Waals surface area contributed by atoms with Gasteiger partial charge in [0.15, 0.2) is 10.3 Å². The summed E-state index contributed by atoms with van der Waals surface area (Å²) in [7, 11) is 0. The average molecular weight is 476 g/mol. The zero-order valence-corrected chi connectivity index (χ0v) is 20.0. The van der Waals surface area contributed by atoms with Crippen LogP contribution in [-0.2, 0) is 24.2 Å². The molecule has 2 aromatic carbocycles. The summed E-state index contributed by atoms with van der Waals surface area (Å²) in [6.07, 6.45) is 3.48. The van der Waals surface area contributed by atoms with Crippen LogP contribution >= 0.6 is 23.1 Å². The quantitative estimate of drug-likeness (QED) is 0.245. The number of rotatable bonds is 10. The SMILES string of the molecule is C=CCn1c(CCc2ccccc2)nnc1SCC(=O)Nc1nc(-c2ccc(C)cc2)cs1. The minimum atomic E-state index is -0.121. The zero-order valence-electron chi connectivity index (χ0n) is 18.4. The van der Waals surface area contributed by atoms with E-state index in [1.807, 2.05) is 46.4 Å². The van der Waals surface area contributed by atoms with Gasteiger partial charge in [-0.25, -0.2) is 4.98 Å². The van der Waals surface area contributed by atoms with E-state index in [1.54, 1.807) is 0 Å². The maximum absolute atomic E-state index is 12.5. The number of nitrogens with one attached hydrogen (secondary N) is 1. The van der Waals surface area contributed by atoms with Crippen molar-refractivity contribution < 1.29 is 4.79 Å². The van der Waals surface area contributed by atoms with Gasteiger partial charge in [-0.1, -0.05) is 78.0 Å². The Morgan fingerprint density at radius 1 is 1.12 bits per heavy atom. The summed E-state index contributed by atoms with van der Waals surface area (Å²) < 4.78 is 2.02. The number of allylic oxidation sites excluding steroid dienone is 1. The first kappa shape index (κ1) is 22.9. The second kappa shape index (κ2) is 11.1. The highest BCUT2D eigenvalue weighted by Crippen LogP contribution is 2.26. The van der Waals surface area contributed by atoms with E-state index in [2.05, 4.69) is 58.3 Å². The van der Waals surface area contributed by atoms with Crippen LogP contribution in [-0.4, -0.2) is 31.4 Å². The second-order valence-electron chi connectivity index (χ2n) is 7.52.